The van der Waals surface area contributed by atoms with Gasteiger partial charge in [-0.05, 0) is 75.8 Å². The molecule has 1 spiro atoms. The van der Waals surface area contributed by atoms with E-state index in [9.17, 15) is 0 Å². The van der Waals surface area contributed by atoms with Crippen molar-refractivity contribution in [3.05, 3.63) is 241 Å². The number of nitrogens with zero attached hydrogens (tertiary/aromatic N) is 4. The molecule has 0 N–H and O–H groups in total. The quantitative estimate of drug-likeness (QED) is 0.174. The van der Waals surface area contributed by atoms with Crippen LogP contribution in [0.15, 0.2) is 218 Å². The number of hydrogen-bond donors (Lipinski definition) is 0. The standard InChI is InChI=1S/C58H36N4O/c1-2-15-38(16-3-1)55-59-56(40-18-14-17-39(35-40)37-29-32-42(33-30-37)62-51-26-11-6-21-45(51)46-22-7-12-27-52(46)62)61-57(60-55)41-31-34-50-54(36-41)63-53-28-13-10-25-49(53)58(50)47-23-8-4-19-43(47)44-20-5-9-24-48(44)58/h1-36H. The predicted octanol–water partition coefficient (Wildman–Crippen LogP) is 14.1. The lowest BCUT2D eigenvalue weighted by atomic mass is 9.66. The Morgan fingerprint density at radius 3 is 1.51 bits per heavy atom. The molecule has 294 valence electrons. The Balaban J connectivity index is 0.924. The maximum atomic E-state index is 6.85. The minimum absolute atomic E-state index is 0.544. The fourth-order valence-corrected chi connectivity index (χ4v) is 10.2. The number of aromatic nitrogens is 4. The van der Waals surface area contributed by atoms with E-state index >= 15 is 0 Å². The van der Waals surface area contributed by atoms with Crippen molar-refractivity contribution >= 4 is 21.8 Å². The number of benzene rings is 9. The summed E-state index contributed by atoms with van der Waals surface area (Å²) in [5.41, 5.74) is 15.0. The van der Waals surface area contributed by atoms with Crippen molar-refractivity contribution in [3.8, 4) is 73.6 Å². The van der Waals surface area contributed by atoms with E-state index in [1.165, 1.54) is 44.1 Å². The van der Waals surface area contributed by atoms with E-state index < -0.39 is 5.41 Å². The van der Waals surface area contributed by atoms with Crippen molar-refractivity contribution in [1.82, 2.24) is 19.5 Å². The SMILES string of the molecule is c1ccc(-c2nc(-c3cccc(-c4ccc(-n5c6ccccc6c6ccccc65)cc4)c3)nc(-c3ccc4c(c3)Oc3ccccc3C43c4ccccc4-c4ccccc43)n2)cc1. The highest BCUT2D eigenvalue weighted by molar-refractivity contribution is 6.09. The molecule has 0 saturated carbocycles. The van der Waals surface area contributed by atoms with Gasteiger partial charge in [-0.3, -0.25) is 0 Å². The first-order chi connectivity index (χ1) is 31.2. The van der Waals surface area contributed by atoms with Gasteiger partial charge in [0.15, 0.2) is 17.5 Å². The highest BCUT2D eigenvalue weighted by atomic mass is 16.5. The molecule has 0 bridgehead atoms. The van der Waals surface area contributed by atoms with Crippen molar-refractivity contribution in [2.75, 3.05) is 0 Å². The van der Waals surface area contributed by atoms with Crippen LogP contribution in [0.2, 0.25) is 0 Å². The van der Waals surface area contributed by atoms with Gasteiger partial charge in [0, 0.05) is 44.3 Å². The van der Waals surface area contributed by atoms with Gasteiger partial charge in [0.05, 0.1) is 16.4 Å². The fourth-order valence-electron chi connectivity index (χ4n) is 10.2. The van der Waals surface area contributed by atoms with E-state index in [2.05, 4.69) is 187 Å². The van der Waals surface area contributed by atoms with Gasteiger partial charge in [-0.25, -0.2) is 15.0 Å². The molecule has 13 rings (SSSR count). The lowest BCUT2D eigenvalue weighted by Crippen LogP contribution is -2.32. The van der Waals surface area contributed by atoms with Crippen molar-refractivity contribution in [3.63, 3.8) is 0 Å². The second kappa shape index (κ2) is 13.8. The molecule has 2 aliphatic rings. The molecule has 0 atom stereocenters. The second-order valence-corrected chi connectivity index (χ2v) is 16.3. The Kier molecular flexibility index (Phi) is 7.75. The molecule has 0 radical (unpaired) electrons. The number of ether oxygens (including phenoxy) is 1. The van der Waals surface area contributed by atoms with Gasteiger partial charge in [0.25, 0.3) is 0 Å². The van der Waals surface area contributed by atoms with E-state index in [0.29, 0.717) is 17.5 Å². The molecule has 63 heavy (non-hydrogen) atoms. The molecule has 1 aliphatic heterocycles. The highest BCUT2D eigenvalue weighted by Gasteiger charge is 2.51. The molecule has 3 heterocycles. The van der Waals surface area contributed by atoms with Crippen LogP contribution < -0.4 is 4.74 Å². The Morgan fingerprint density at radius 1 is 0.333 bits per heavy atom. The summed E-state index contributed by atoms with van der Waals surface area (Å²) in [5.74, 6) is 3.41. The first kappa shape index (κ1) is 35.4. The van der Waals surface area contributed by atoms with E-state index in [0.717, 1.165) is 56.1 Å². The average Bonchev–Trinajstić information content (AvgIpc) is 3.85. The zero-order chi connectivity index (χ0) is 41.5. The smallest absolute Gasteiger partial charge is 0.164 e. The molecule has 2 aromatic heterocycles. The lowest BCUT2D eigenvalue weighted by molar-refractivity contribution is 0.436. The third-order valence-electron chi connectivity index (χ3n) is 12.9. The maximum absolute atomic E-state index is 6.85. The van der Waals surface area contributed by atoms with Crippen molar-refractivity contribution < 1.29 is 4.74 Å². The van der Waals surface area contributed by atoms with Gasteiger partial charge in [-0.2, -0.15) is 0 Å². The summed E-state index contributed by atoms with van der Waals surface area (Å²) in [6, 6.07) is 77.2. The number of fused-ring (bicyclic) bond motifs is 12. The van der Waals surface area contributed by atoms with E-state index in [1.54, 1.807) is 0 Å². The zero-order valence-corrected chi connectivity index (χ0v) is 34.0. The van der Waals surface area contributed by atoms with Gasteiger partial charge < -0.3 is 9.30 Å². The maximum Gasteiger partial charge on any atom is 0.164 e. The van der Waals surface area contributed by atoms with Crippen LogP contribution in [-0.2, 0) is 5.41 Å². The van der Waals surface area contributed by atoms with Gasteiger partial charge in [-0.1, -0.05) is 176 Å². The number of hydrogen-bond acceptors (Lipinski definition) is 4. The lowest BCUT2D eigenvalue weighted by Gasteiger charge is -2.39. The molecular formula is C58H36N4O. The van der Waals surface area contributed by atoms with Gasteiger partial charge >= 0.3 is 0 Å². The average molecular weight is 805 g/mol. The van der Waals surface area contributed by atoms with Crippen LogP contribution in [0.3, 0.4) is 0 Å². The first-order valence-electron chi connectivity index (χ1n) is 21.3. The van der Waals surface area contributed by atoms with Crippen LogP contribution in [0.5, 0.6) is 11.5 Å². The predicted molar refractivity (Wildman–Crippen MR) is 253 cm³/mol. The molecular weight excluding hydrogens is 769 g/mol. The van der Waals surface area contributed by atoms with Crippen LogP contribution in [0.4, 0.5) is 0 Å². The van der Waals surface area contributed by atoms with Crippen LogP contribution in [0.1, 0.15) is 22.3 Å². The van der Waals surface area contributed by atoms with Crippen LogP contribution in [0.25, 0.3) is 83.9 Å². The van der Waals surface area contributed by atoms with Crippen molar-refractivity contribution in [2.45, 2.75) is 5.41 Å². The Hall–Kier alpha value is -8.41. The van der Waals surface area contributed by atoms with Crippen LogP contribution in [-0.4, -0.2) is 19.5 Å². The molecule has 0 unspecified atom stereocenters. The van der Waals surface area contributed by atoms with Crippen molar-refractivity contribution in [2.24, 2.45) is 0 Å². The molecule has 0 amide bonds. The normalized spacial score (nSPS) is 13.0. The van der Waals surface area contributed by atoms with Gasteiger partial charge in [0.1, 0.15) is 11.5 Å². The molecule has 5 nitrogen and oxygen atoms in total. The molecule has 0 saturated heterocycles. The topological polar surface area (TPSA) is 52.8 Å². The Morgan fingerprint density at radius 2 is 0.825 bits per heavy atom. The third kappa shape index (κ3) is 5.33. The number of rotatable bonds is 5. The monoisotopic (exact) mass is 804 g/mol. The second-order valence-electron chi connectivity index (χ2n) is 16.3. The fraction of sp³-hybridized carbons (Fsp3) is 0.0172. The summed E-state index contributed by atoms with van der Waals surface area (Å²) in [6.45, 7) is 0. The van der Waals surface area contributed by atoms with Crippen LogP contribution in [0, 0.1) is 0 Å². The largest absolute Gasteiger partial charge is 0.457 e. The minimum atomic E-state index is -0.544. The Labute approximate surface area is 364 Å². The molecule has 1 aliphatic carbocycles. The molecule has 11 aromatic rings. The van der Waals surface area contributed by atoms with Gasteiger partial charge in [-0.15, -0.1) is 0 Å². The summed E-state index contributed by atoms with van der Waals surface area (Å²) < 4.78 is 9.20. The van der Waals surface area contributed by atoms with Crippen molar-refractivity contribution in [1.29, 1.82) is 0 Å². The van der Waals surface area contributed by atoms with E-state index in [-0.39, 0.29) is 0 Å². The molecule has 9 aromatic carbocycles. The minimum Gasteiger partial charge on any atom is -0.457 e. The summed E-state index contributed by atoms with van der Waals surface area (Å²) in [7, 11) is 0. The van der Waals surface area contributed by atoms with E-state index in [1.807, 2.05) is 36.4 Å². The summed E-state index contributed by atoms with van der Waals surface area (Å²) in [4.78, 5) is 15.5. The molecule has 5 heteroatoms. The highest BCUT2D eigenvalue weighted by Crippen LogP contribution is 2.62. The third-order valence-corrected chi connectivity index (χ3v) is 12.9. The first-order valence-corrected chi connectivity index (χ1v) is 21.3. The van der Waals surface area contributed by atoms with E-state index in [4.69, 9.17) is 19.7 Å². The zero-order valence-electron chi connectivity index (χ0n) is 34.0. The summed E-state index contributed by atoms with van der Waals surface area (Å²) in [6.07, 6.45) is 0. The summed E-state index contributed by atoms with van der Waals surface area (Å²) >= 11 is 0. The Bertz CT molecular complexity index is 3510. The van der Waals surface area contributed by atoms with Crippen LogP contribution >= 0.6 is 0 Å². The summed E-state index contributed by atoms with van der Waals surface area (Å²) in [5, 5.41) is 2.50. The molecule has 0 fully saturated rings. The van der Waals surface area contributed by atoms with Gasteiger partial charge in [0.2, 0.25) is 0 Å². The number of para-hydroxylation sites is 3.